The van der Waals surface area contributed by atoms with Gasteiger partial charge < -0.3 is 15.4 Å². The summed E-state index contributed by atoms with van der Waals surface area (Å²) in [7, 11) is 1.54. The molecular formula is C20H15F5N2O3. The highest BCUT2D eigenvalue weighted by Gasteiger charge is 2.32. The van der Waals surface area contributed by atoms with E-state index in [0.717, 1.165) is 30.3 Å². The molecule has 0 atom stereocenters. The summed E-state index contributed by atoms with van der Waals surface area (Å²) in [6.07, 6.45) is -0.848. The molecule has 0 saturated carbocycles. The van der Waals surface area contributed by atoms with E-state index in [4.69, 9.17) is 4.74 Å². The lowest BCUT2D eigenvalue weighted by atomic mass is 10.1. The van der Waals surface area contributed by atoms with Crippen LogP contribution in [-0.4, -0.2) is 19.2 Å². The topological polar surface area (TPSA) is 67.4 Å². The number of ether oxygens (including phenoxy) is 1. The van der Waals surface area contributed by atoms with Crippen molar-refractivity contribution in [2.75, 3.05) is 7.05 Å². The van der Waals surface area contributed by atoms with Crippen LogP contribution in [0.2, 0.25) is 0 Å². The largest absolute Gasteiger partial charge is 0.450 e. The molecule has 0 spiro atoms. The summed E-state index contributed by atoms with van der Waals surface area (Å²) in [5.41, 5.74) is -1.88. The van der Waals surface area contributed by atoms with E-state index in [1.54, 1.807) is 7.05 Å². The van der Waals surface area contributed by atoms with Crippen molar-refractivity contribution in [2.45, 2.75) is 6.18 Å². The lowest BCUT2D eigenvalue weighted by Crippen LogP contribution is -2.23. The van der Waals surface area contributed by atoms with Gasteiger partial charge in [0, 0.05) is 18.8 Å². The fourth-order valence-electron chi connectivity index (χ4n) is 2.25. The van der Waals surface area contributed by atoms with Gasteiger partial charge in [-0.1, -0.05) is 6.07 Å². The monoisotopic (exact) mass is 426 g/mol. The van der Waals surface area contributed by atoms with Crippen LogP contribution in [0.1, 0.15) is 15.9 Å². The molecule has 158 valence electrons. The second-order valence-corrected chi connectivity index (χ2v) is 5.70. The number of hydrogen-bond donors (Lipinski definition) is 2. The summed E-state index contributed by atoms with van der Waals surface area (Å²) in [5, 5.41) is 4.84. The second-order valence-electron chi connectivity index (χ2n) is 5.70. The predicted octanol–water partition coefficient (Wildman–Crippen LogP) is 4.32. The summed E-state index contributed by atoms with van der Waals surface area (Å²) in [6, 6.07) is 4.70. The first-order chi connectivity index (χ1) is 14.2. The smallest absolute Gasteiger partial charge is 0.416 e. The number of allylic oxidation sites excluding steroid dienone is 2. The van der Waals surface area contributed by atoms with Crippen molar-refractivity contribution in [3.8, 4) is 11.5 Å². The summed E-state index contributed by atoms with van der Waals surface area (Å²) < 4.78 is 72.1. The van der Waals surface area contributed by atoms with Gasteiger partial charge in [0.15, 0.2) is 17.4 Å². The van der Waals surface area contributed by atoms with Gasteiger partial charge >= 0.3 is 6.18 Å². The van der Waals surface area contributed by atoms with E-state index in [1.165, 1.54) is 12.3 Å². The molecule has 0 saturated heterocycles. The normalized spacial score (nSPS) is 12.0. The van der Waals surface area contributed by atoms with Gasteiger partial charge in [-0.25, -0.2) is 8.78 Å². The Kier molecular flexibility index (Phi) is 7.29. The van der Waals surface area contributed by atoms with E-state index >= 15 is 0 Å². The van der Waals surface area contributed by atoms with Crippen molar-refractivity contribution in [3.63, 3.8) is 0 Å². The van der Waals surface area contributed by atoms with E-state index < -0.39 is 46.3 Å². The minimum absolute atomic E-state index is 0.0511. The Morgan fingerprint density at radius 1 is 1.10 bits per heavy atom. The average molecular weight is 426 g/mol. The van der Waals surface area contributed by atoms with Crippen LogP contribution in [0.25, 0.3) is 0 Å². The summed E-state index contributed by atoms with van der Waals surface area (Å²) in [6.45, 7) is 0. The first-order valence-electron chi connectivity index (χ1n) is 8.31. The summed E-state index contributed by atoms with van der Waals surface area (Å²) in [4.78, 5) is 23.3. The molecule has 1 amide bonds. The zero-order valence-electron chi connectivity index (χ0n) is 15.4. The van der Waals surface area contributed by atoms with Crippen LogP contribution in [0.4, 0.5) is 22.0 Å². The number of hydrogen-bond acceptors (Lipinski definition) is 4. The first kappa shape index (κ1) is 22.6. The molecule has 10 heteroatoms. The molecule has 2 N–H and O–H groups in total. The number of rotatable bonds is 7. The quantitative estimate of drug-likeness (QED) is 0.300. The van der Waals surface area contributed by atoms with Crippen LogP contribution in [0.5, 0.6) is 11.5 Å². The van der Waals surface area contributed by atoms with Crippen molar-refractivity contribution >= 4 is 12.2 Å². The minimum atomic E-state index is -4.79. The highest BCUT2D eigenvalue weighted by Crippen LogP contribution is 2.35. The van der Waals surface area contributed by atoms with Crippen molar-refractivity contribution in [1.82, 2.24) is 10.6 Å². The lowest BCUT2D eigenvalue weighted by molar-refractivity contribution is -0.137. The van der Waals surface area contributed by atoms with E-state index in [2.05, 4.69) is 10.6 Å². The van der Waals surface area contributed by atoms with Gasteiger partial charge in [-0.15, -0.1) is 0 Å². The fourth-order valence-corrected chi connectivity index (χ4v) is 2.25. The molecule has 0 unspecified atom stereocenters. The molecule has 0 heterocycles. The number of para-hydroxylation sites is 1. The van der Waals surface area contributed by atoms with E-state index in [9.17, 15) is 31.5 Å². The molecule has 0 fully saturated rings. The molecule has 0 radical (unpaired) electrons. The number of carbonyl (C=O) groups excluding carboxylic acids is 2. The Balaban J connectivity index is 2.51. The van der Waals surface area contributed by atoms with Crippen molar-refractivity contribution < 1.29 is 36.3 Å². The standard InChI is InChI=1S/C20H15F5N2O3/c1-26-9-7-13(8-10-28)27-19(29)14-11-12(20(23,24)25)5-6-17(14)30-18-15(21)3-2-4-16(18)22/h2-11,26H,1H3,(H,27,29)/b9-7-,13-8+. The lowest BCUT2D eigenvalue weighted by Gasteiger charge is -2.15. The Morgan fingerprint density at radius 2 is 1.77 bits per heavy atom. The Bertz CT molecular complexity index is 980. The minimum Gasteiger partial charge on any atom is -0.450 e. The van der Waals surface area contributed by atoms with Gasteiger partial charge in [-0.05, 0) is 42.6 Å². The highest BCUT2D eigenvalue weighted by molar-refractivity contribution is 5.98. The van der Waals surface area contributed by atoms with Crippen LogP contribution in [0, 0.1) is 11.6 Å². The second kappa shape index (κ2) is 9.68. The zero-order valence-corrected chi connectivity index (χ0v) is 15.4. The van der Waals surface area contributed by atoms with Crippen molar-refractivity contribution in [3.05, 3.63) is 83.2 Å². The Hall–Kier alpha value is -3.69. The first-order valence-corrected chi connectivity index (χ1v) is 8.31. The maximum Gasteiger partial charge on any atom is 0.416 e. The summed E-state index contributed by atoms with van der Waals surface area (Å²) >= 11 is 0. The molecule has 2 aromatic carbocycles. The van der Waals surface area contributed by atoms with Crippen molar-refractivity contribution in [1.29, 1.82) is 0 Å². The van der Waals surface area contributed by atoms with E-state index in [1.807, 2.05) is 0 Å². The third kappa shape index (κ3) is 5.66. The van der Waals surface area contributed by atoms with Gasteiger partial charge in [0.25, 0.3) is 5.91 Å². The maximum atomic E-state index is 13.9. The Labute approximate surface area is 167 Å². The number of nitrogens with one attached hydrogen (secondary N) is 2. The van der Waals surface area contributed by atoms with Gasteiger partial charge in [0.2, 0.25) is 0 Å². The van der Waals surface area contributed by atoms with Gasteiger partial charge in [-0.3, -0.25) is 9.59 Å². The molecule has 0 aliphatic heterocycles. The molecule has 0 aromatic heterocycles. The van der Waals surface area contributed by atoms with E-state index in [-0.39, 0.29) is 5.70 Å². The number of amides is 1. The number of benzene rings is 2. The summed E-state index contributed by atoms with van der Waals surface area (Å²) in [5.74, 6) is -4.72. The number of carbonyl (C=O) groups is 2. The van der Waals surface area contributed by atoms with Crippen LogP contribution in [0.15, 0.2) is 60.4 Å². The molecular weight excluding hydrogens is 411 g/mol. The molecule has 2 aromatic rings. The molecule has 0 aliphatic carbocycles. The zero-order chi connectivity index (χ0) is 22.3. The fraction of sp³-hybridized carbons (Fsp3) is 0.100. The third-order valence-electron chi connectivity index (χ3n) is 3.62. The molecule has 5 nitrogen and oxygen atoms in total. The number of alkyl halides is 3. The average Bonchev–Trinajstić information content (AvgIpc) is 2.68. The third-order valence-corrected chi connectivity index (χ3v) is 3.62. The number of halogens is 5. The van der Waals surface area contributed by atoms with Crippen LogP contribution in [-0.2, 0) is 11.0 Å². The predicted molar refractivity (Wildman–Crippen MR) is 97.7 cm³/mol. The SMILES string of the molecule is CN/C=C\C(=C/C=O)NC(=O)c1cc(C(F)(F)F)ccc1Oc1c(F)cccc1F. The number of aldehydes is 1. The Morgan fingerprint density at radius 3 is 2.33 bits per heavy atom. The van der Waals surface area contributed by atoms with Gasteiger partial charge in [0.1, 0.15) is 12.0 Å². The maximum absolute atomic E-state index is 13.9. The van der Waals surface area contributed by atoms with E-state index in [0.29, 0.717) is 18.4 Å². The van der Waals surface area contributed by atoms with Crippen LogP contribution >= 0.6 is 0 Å². The molecule has 30 heavy (non-hydrogen) atoms. The molecule has 2 rings (SSSR count). The van der Waals surface area contributed by atoms with Crippen LogP contribution < -0.4 is 15.4 Å². The molecule has 0 aliphatic rings. The van der Waals surface area contributed by atoms with Gasteiger partial charge in [-0.2, -0.15) is 13.2 Å². The van der Waals surface area contributed by atoms with Gasteiger partial charge in [0.05, 0.1) is 11.1 Å². The van der Waals surface area contributed by atoms with Crippen molar-refractivity contribution in [2.24, 2.45) is 0 Å². The van der Waals surface area contributed by atoms with Crippen LogP contribution in [0.3, 0.4) is 0 Å². The highest BCUT2D eigenvalue weighted by atomic mass is 19.4. The molecule has 0 bridgehead atoms.